The third-order valence-corrected chi connectivity index (χ3v) is 3.65. The summed E-state index contributed by atoms with van der Waals surface area (Å²) in [6, 6.07) is 0. The van der Waals surface area contributed by atoms with Crippen LogP contribution in [0.2, 0.25) is 0 Å². The first-order chi connectivity index (χ1) is 6.79. The number of rotatable bonds is 2. The number of nitrogens with zero attached hydrogens (tertiary/aromatic N) is 2. The lowest BCUT2D eigenvalue weighted by molar-refractivity contribution is 0.161. The van der Waals surface area contributed by atoms with Gasteiger partial charge in [-0.1, -0.05) is 18.5 Å². The molecule has 1 unspecified atom stereocenters. The van der Waals surface area contributed by atoms with Crippen LogP contribution in [0.25, 0.3) is 0 Å². The SMILES string of the molecule is CC1CN(CC2CCC2)CCC1=NO. The second-order valence-corrected chi connectivity index (χ2v) is 4.80. The molecule has 0 spiro atoms. The van der Waals surface area contributed by atoms with Crippen molar-refractivity contribution in [3.05, 3.63) is 0 Å². The van der Waals surface area contributed by atoms with Crippen LogP contribution in [-0.4, -0.2) is 35.5 Å². The van der Waals surface area contributed by atoms with Gasteiger partial charge in [-0.25, -0.2) is 0 Å². The summed E-state index contributed by atoms with van der Waals surface area (Å²) in [5.41, 5.74) is 0.981. The summed E-state index contributed by atoms with van der Waals surface area (Å²) in [4.78, 5) is 2.53. The molecule has 3 nitrogen and oxygen atoms in total. The smallest absolute Gasteiger partial charge is 0.0624 e. The highest BCUT2D eigenvalue weighted by molar-refractivity contribution is 5.86. The van der Waals surface area contributed by atoms with Crippen molar-refractivity contribution in [2.75, 3.05) is 19.6 Å². The molecule has 0 aromatic carbocycles. The van der Waals surface area contributed by atoms with E-state index in [9.17, 15) is 0 Å². The molecule has 0 amide bonds. The van der Waals surface area contributed by atoms with E-state index in [0.29, 0.717) is 5.92 Å². The van der Waals surface area contributed by atoms with Crippen molar-refractivity contribution < 1.29 is 5.21 Å². The average Bonchev–Trinajstić information content (AvgIpc) is 2.12. The standard InChI is InChI=1S/C11H20N2O/c1-9-7-13(6-5-11(9)12-14)8-10-3-2-4-10/h9-10,14H,2-8H2,1H3. The molecule has 2 fully saturated rings. The topological polar surface area (TPSA) is 35.8 Å². The van der Waals surface area contributed by atoms with Gasteiger partial charge in [0, 0.05) is 32.0 Å². The van der Waals surface area contributed by atoms with Crippen molar-refractivity contribution in [3.8, 4) is 0 Å². The van der Waals surface area contributed by atoms with Gasteiger partial charge < -0.3 is 10.1 Å². The zero-order valence-electron chi connectivity index (χ0n) is 8.95. The second-order valence-electron chi connectivity index (χ2n) is 4.80. The Morgan fingerprint density at radius 3 is 2.79 bits per heavy atom. The molecule has 1 saturated carbocycles. The molecule has 3 heteroatoms. The molecule has 14 heavy (non-hydrogen) atoms. The van der Waals surface area contributed by atoms with Crippen molar-refractivity contribution in [3.63, 3.8) is 0 Å². The Morgan fingerprint density at radius 2 is 2.29 bits per heavy atom. The van der Waals surface area contributed by atoms with Crippen molar-refractivity contribution in [1.82, 2.24) is 4.90 Å². The first-order valence-electron chi connectivity index (χ1n) is 5.72. The first kappa shape index (κ1) is 9.97. The fraction of sp³-hybridized carbons (Fsp3) is 0.909. The van der Waals surface area contributed by atoms with Crippen molar-refractivity contribution in [2.24, 2.45) is 17.0 Å². The fourth-order valence-electron chi connectivity index (χ4n) is 2.46. The van der Waals surface area contributed by atoms with Crippen LogP contribution in [0.15, 0.2) is 5.16 Å². The van der Waals surface area contributed by atoms with Crippen LogP contribution in [0.3, 0.4) is 0 Å². The largest absolute Gasteiger partial charge is 0.411 e. The molecule has 1 aliphatic carbocycles. The van der Waals surface area contributed by atoms with Crippen LogP contribution in [0.5, 0.6) is 0 Å². The Labute approximate surface area is 85.8 Å². The van der Waals surface area contributed by atoms with Gasteiger partial charge in [0.2, 0.25) is 0 Å². The first-order valence-corrected chi connectivity index (χ1v) is 5.72. The van der Waals surface area contributed by atoms with E-state index in [1.54, 1.807) is 0 Å². The van der Waals surface area contributed by atoms with Gasteiger partial charge in [0.25, 0.3) is 0 Å². The van der Waals surface area contributed by atoms with E-state index in [1.165, 1.54) is 25.8 Å². The van der Waals surface area contributed by atoms with E-state index in [4.69, 9.17) is 5.21 Å². The zero-order chi connectivity index (χ0) is 9.97. The molecular formula is C11H20N2O. The number of likely N-dealkylation sites (tertiary alicyclic amines) is 1. The van der Waals surface area contributed by atoms with E-state index in [-0.39, 0.29) is 0 Å². The molecule has 1 saturated heterocycles. The van der Waals surface area contributed by atoms with Gasteiger partial charge in [-0.05, 0) is 18.8 Å². The summed E-state index contributed by atoms with van der Waals surface area (Å²) in [6.07, 6.45) is 5.22. The van der Waals surface area contributed by atoms with Crippen LogP contribution in [0.4, 0.5) is 0 Å². The van der Waals surface area contributed by atoms with E-state index < -0.39 is 0 Å². The van der Waals surface area contributed by atoms with Crippen molar-refractivity contribution in [2.45, 2.75) is 32.6 Å². The van der Waals surface area contributed by atoms with Gasteiger partial charge in [-0.15, -0.1) is 0 Å². The molecule has 0 aromatic heterocycles. The van der Waals surface area contributed by atoms with Crippen LogP contribution in [0, 0.1) is 11.8 Å². The molecule has 1 N–H and O–H groups in total. The molecule has 0 bridgehead atoms. The average molecular weight is 196 g/mol. The van der Waals surface area contributed by atoms with Crippen LogP contribution in [-0.2, 0) is 0 Å². The highest BCUT2D eigenvalue weighted by Crippen LogP contribution is 2.28. The van der Waals surface area contributed by atoms with E-state index in [2.05, 4.69) is 17.0 Å². The van der Waals surface area contributed by atoms with Gasteiger partial charge in [-0.2, -0.15) is 0 Å². The summed E-state index contributed by atoms with van der Waals surface area (Å²) in [5.74, 6) is 1.39. The number of oxime groups is 1. The molecule has 1 aliphatic heterocycles. The summed E-state index contributed by atoms with van der Waals surface area (Å²) in [5, 5.41) is 12.1. The molecule has 1 atom stereocenters. The predicted octanol–water partition coefficient (Wildman–Crippen LogP) is 1.96. The normalized spacial score (nSPS) is 33.2. The second kappa shape index (κ2) is 4.30. The maximum Gasteiger partial charge on any atom is 0.0624 e. The van der Waals surface area contributed by atoms with Crippen LogP contribution >= 0.6 is 0 Å². The summed E-state index contributed by atoms with van der Waals surface area (Å²) < 4.78 is 0. The van der Waals surface area contributed by atoms with Crippen LogP contribution < -0.4 is 0 Å². The molecule has 0 radical (unpaired) electrons. The third kappa shape index (κ3) is 2.08. The van der Waals surface area contributed by atoms with E-state index in [1.807, 2.05) is 0 Å². The maximum atomic E-state index is 8.76. The third-order valence-electron chi connectivity index (χ3n) is 3.65. The van der Waals surface area contributed by atoms with Gasteiger partial charge in [0.1, 0.15) is 0 Å². The Hall–Kier alpha value is -0.570. The van der Waals surface area contributed by atoms with Gasteiger partial charge >= 0.3 is 0 Å². The van der Waals surface area contributed by atoms with Gasteiger partial charge in [-0.3, -0.25) is 0 Å². The molecule has 1 heterocycles. The minimum atomic E-state index is 0.439. The lowest BCUT2D eigenvalue weighted by Crippen LogP contribution is -2.43. The fourth-order valence-corrected chi connectivity index (χ4v) is 2.46. The lowest BCUT2D eigenvalue weighted by atomic mass is 9.84. The summed E-state index contributed by atoms with van der Waals surface area (Å²) in [7, 11) is 0. The number of hydrogen-bond donors (Lipinski definition) is 1. The van der Waals surface area contributed by atoms with Crippen molar-refractivity contribution in [1.29, 1.82) is 0 Å². The number of hydrogen-bond acceptors (Lipinski definition) is 3. The maximum absolute atomic E-state index is 8.76. The van der Waals surface area contributed by atoms with Gasteiger partial charge in [0.05, 0.1) is 5.71 Å². The summed E-state index contributed by atoms with van der Waals surface area (Å²) >= 11 is 0. The quantitative estimate of drug-likeness (QED) is 0.541. The summed E-state index contributed by atoms with van der Waals surface area (Å²) in [6.45, 7) is 5.58. The Morgan fingerprint density at radius 1 is 1.50 bits per heavy atom. The van der Waals surface area contributed by atoms with Gasteiger partial charge in [0.15, 0.2) is 0 Å². The minimum absolute atomic E-state index is 0.439. The molecule has 0 aromatic rings. The predicted molar refractivity (Wildman–Crippen MR) is 56.8 cm³/mol. The Bertz CT molecular complexity index is 223. The molecule has 2 aliphatic rings. The zero-order valence-corrected chi connectivity index (χ0v) is 8.95. The monoisotopic (exact) mass is 196 g/mol. The molecule has 2 rings (SSSR count). The lowest BCUT2D eigenvalue weighted by Gasteiger charge is -2.36. The minimum Gasteiger partial charge on any atom is -0.411 e. The Kier molecular flexibility index (Phi) is 3.06. The number of piperidine rings is 1. The molecular weight excluding hydrogens is 176 g/mol. The highest BCUT2D eigenvalue weighted by atomic mass is 16.4. The van der Waals surface area contributed by atoms with Crippen molar-refractivity contribution >= 4 is 5.71 Å². The van der Waals surface area contributed by atoms with E-state index in [0.717, 1.165) is 31.1 Å². The molecule has 80 valence electrons. The van der Waals surface area contributed by atoms with E-state index >= 15 is 0 Å². The van der Waals surface area contributed by atoms with Crippen LogP contribution in [0.1, 0.15) is 32.6 Å². The Balaban J connectivity index is 1.79. The highest BCUT2D eigenvalue weighted by Gasteiger charge is 2.26.